The molecule has 0 spiro atoms. The Morgan fingerprint density at radius 3 is 2.41 bits per heavy atom. The molecule has 0 saturated carbocycles. The number of imide groups is 1. The van der Waals surface area contributed by atoms with Crippen LogP contribution < -0.4 is 20.1 Å². The van der Waals surface area contributed by atoms with Gasteiger partial charge in [0.05, 0.1) is 13.2 Å². The van der Waals surface area contributed by atoms with E-state index in [4.69, 9.17) is 9.47 Å². The van der Waals surface area contributed by atoms with E-state index in [1.54, 1.807) is 31.2 Å². The second-order valence-corrected chi connectivity index (χ2v) is 7.56. The van der Waals surface area contributed by atoms with Crippen molar-refractivity contribution in [3.05, 3.63) is 59.7 Å². The molecule has 1 fully saturated rings. The van der Waals surface area contributed by atoms with Gasteiger partial charge in [0.25, 0.3) is 5.91 Å². The second kappa shape index (κ2) is 10.2. The van der Waals surface area contributed by atoms with Crippen molar-refractivity contribution in [3.63, 3.8) is 0 Å². The molecule has 4 amide bonds. The first kappa shape index (κ1) is 23.1. The van der Waals surface area contributed by atoms with Gasteiger partial charge in [-0.05, 0) is 50.5 Å². The molecule has 1 aliphatic rings. The Kier molecular flexibility index (Phi) is 7.35. The van der Waals surface area contributed by atoms with E-state index in [1.807, 2.05) is 38.1 Å². The van der Waals surface area contributed by atoms with Gasteiger partial charge in [-0.25, -0.2) is 4.79 Å². The van der Waals surface area contributed by atoms with Crippen LogP contribution in [-0.4, -0.2) is 49.0 Å². The first-order valence-corrected chi connectivity index (χ1v) is 10.7. The molecule has 1 unspecified atom stereocenters. The van der Waals surface area contributed by atoms with Crippen molar-refractivity contribution >= 4 is 17.8 Å². The van der Waals surface area contributed by atoms with Gasteiger partial charge in [0.1, 0.15) is 12.1 Å². The Balaban J connectivity index is 1.56. The molecule has 32 heavy (non-hydrogen) atoms. The number of urea groups is 1. The summed E-state index contributed by atoms with van der Waals surface area (Å²) in [7, 11) is 0. The summed E-state index contributed by atoms with van der Waals surface area (Å²) in [5.74, 6) is 0.498. The van der Waals surface area contributed by atoms with Crippen LogP contribution in [0.5, 0.6) is 11.5 Å². The summed E-state index contributed by atoms with van der Waals surface area (Å²) in [5.41, 5.74) is 0.460. The van der Waals surface area contributed by atoms with Gasteiger partial charge in [-0.3, -0.25) is 14.5 Å². The van der Waals surface area contributed by atoms with Gasteiger partial charge in [-0.1, -0.05) is 36.4 Å². The molecule has 1 aliphatic heterocycles. The minimum atomic E-state index is -1.18. The lowest BCUT2D eigenvalue weighted by Gasteiger charge is -2.22. The highest BCUT2D eigenvalue weighted by Gasteiger charge is 2.49. The maximum absolute atomic E-state index is 12.9. The van der Waals surface area contributed by atoms with E-state index in [-0.39, 0.29) is 6.54 Å². The molecule has 1 atom stereocenters. The smallest absolute Gasteiger partial charge is 0.325 e. The van der Waals surface area contributed by atoms with E-state index in [1.165, 1.54) is 0 Å². The summed E-state index contributed by atoms with van der Waals surface area (Å²) in [6.45, 7) is 6.55. The number of nitrogens with one attached hydrogen (secondary N) is 2. The van der Waals surface area contributed by atoms with Crippen LogP contribution in [0.2, 0.25) is 0 Å². The largest absolute Gasteiger partial charge is 0.490 e. The number of rotatable bonds is 10. The highest BCUT2D eigenvalue weighted by Crippen LogP contribution is 2.29. The third kappa shape index (κ3) is 5.01. The average molecular weight is 440 g/mol. The molecule has 0 aliphatic carbocycles. The normalized spacial score (nSPS) is 17.8. The third-order valence-corrected chi connectivity index (χ3v) is 5.27. The van der Waals surface area contributed by atoms with Crippen LogP contribution in [0.15, 0.2) is 48.5 Å². The topological polar surface area (TPSA) is 97.0 Å². The Labute approximate surface area is 187 Å². The Hall–Kier alpha value is -3.55. The molecular weight excluding hydrogens is 410 g/mol. The van der Waals surface area contributed by atoms with Gasteiger partial charge in [-0.15, -0.1) is 0 Å². The average Bonchev–Trinajstić information content (AvgIpc) is 3.00. The summed E-state index contributed by atoms with van der Waals surface area (Å²) in [6, 6.07) is 14.1. The van der Waals surface area contributed by atoms with Crippen molar-refractivity contribution < 1.29 is 23.9 Å². The van der Waals surface area contributed by atoms with Gasteiger partial charge >= 0.3 is 6.03 Å². The fraction of sp³-hybridized carbons (Fsp3) is 0.375. The maximum Gasteiger partial charge on any atom is 0.325 e. The van der Waals surface area contributed by atoms with Crippen LogP contribution in [0.3, 0.4) is 0 Å². The first-order valence-electron chi connectivity index (χ1n) is 10.7. The van der Waals surface area contributed by atoms with Crippen molar-refractivity contribution in [1.82, 2.24) is 15.5 Å². The molecule has 3 rings (SSSR count). The lowest BCUT2D eigenvalue weighted by Crippen LogP contribution is -2.43. The predicted octanol–water partition coefficient (Wildman–Crippen LogP) is 2.61. The van der Waals surface area contributed by atoms with Crippen molar-refractivity contribution in [1.29, 1.82) is 0 Å². The van der Waals surface area contributed by atoms with E-state index in [0.717, 1.165) is 10.5 Å². The van der Waals surface area contributed by atoms with Gasteiger partial charge in [0, 0.05) is 6.54 Å². The summed E-state index contributed by atoms with van der Waals surface area (Å²) in [6.07, 6.45) is 0.570. The number of nitrogens with zero attached hydrogens (tertiary/aromatic N) is 1. The minimum absolute atomic E-state index is 0.333. The summed E-state index contributed by atoms with van der Waals surface area (Å²) < 4.78 is 11.2. The molecule has 2 aromatic carbocycles. The Morgan fingerprint density at radius 1 is 1.03 bits per heavy atom. The van der Waals surface area contributed by atoms with E-state index in [9.17, 15) is 14.4 Å². The second-order valence-electron chi connectivity index (χ2n) is 7.56. The monoisotopic (exact) mass is 439 g/mol. The lowest BCUT2D eigenvalue weighted by molar-refractivity contribution is -0.134. The van der Waals surface area contributed by atoms with Gasteiger partial charge in [0.15, 0.2) is 11.5 Å². The fourth-order valence-corrected chi connectivity index (χ4v) is 3.60. The highest BCUT2D eigenvalue weighted by atomic mass is 16.5. The zero-order valence-electron chi connectivity index (χ0n) is 18.6. The number of benzene rings is 2. The van der Waals surface area contributed by atoms with Crippen molar-refractivity contribution in [2.45, 2.75) is 32.7 Å². The standard InChI is InChI=1S/C24H29N3O5/c1-4-31-19-12-11-17(15-20(19)32-5-2)13-14-25-21(28)16-27-22(29)24(3,26-23(27)30)18-9-7-6-8-10-18/h6-12,15H,4-5,13-14,16H2,1-3H3,(H,25,28)(H,26,30). The van der Waals surface area contributed by atoms with Crippen LogP contribution >= 0.6 is 0 Å². The number of hydrogen-bond donors (Lipinski definition) is 2. The SMILES string of the molecule is CCOc1ccc(CCNC(=O)CN2C(=O)NC(C)(c3ccccc3)C2=O)cc1OCC. The van der Waals surface area contributed by atoms with Crippen molar-refractivity contribution in [3.8, 4) is 11.5 Å². The maximum atomic E-state index is 12.9. The van der Waals surface area contributed by atoms with Crippen LogP contribution in [0.25, 0.3) is 0 Å². The molecule has 1 saturated heterocycles. The number of ether oxygens (including phenoxy) is 2. The highest BCUT2D eigenvalue weighted by molar-refractivity contribution is 6.09. The summed E-state index contributed by atoms with van der Waals surface area (Å²) in [5, 5.41) is 5.47. The van der Waals surface area contributed by atoms with Gasteiger partial charge in [-0.2, -0.15) is 0 Å². The van der Waals surface area contributed by atoms with E-state index >= 15 is 0 Å². The lowest BCUT2D eigenvalue weighted by atomic mass is 9.92. The number of carbonyl (C=O) groups is 3. The van der Waals surface area contributed by atoms with Gasteiger partial charge < -0.3 is 20.1 Å². The minimum Gasteiger partial charge on any atom is -0.490 e. The molecule has 0 bridgehead atoms. The molecule has 0 aromatic heterocycles. The number of carbonyl (C=O) groups excluding carboxylic acids is 3. The van der Waals surface area contributed by atoms with Gasteiger partial charge in [0.2, 0.25) is 5.91 Å². The summed E-state index contributed by atoms with van der Waals surface area (Å²) >= 11 is 0. The van der Waals surface area contributed by atoms with E-state index < -0.39 is 23.4 Å². The van der Waals surface area contributed by atoms with Crippen LogP contribution in [0.1, 0.15) is 31.9 Å². The molecule has 2 N–H and O–H groups in total. The van der Waals surface area contributed by atoms with Crippen molar-refractivity contribution in [2.75, 3.05) is 26.3 Å². The summed E-state index contributed by atoms with van der Waals surface area (Å²) in [4.78, 5) is 38.6. The molecule has 8 nitrogen and oxygen atoms in total. The van der Waals surface area contributed by atoms with Crippen LogP contribution in [-0.2, 0) is 21.5 Å². The molecule has 2 aromatic rings. The molecule has 170 valence electrons. The third-order valence-electron chi connectivity index (χ3n) is 5.27. The zero-order valence-corrected chi connectivity index (χ0v) is 18.6. The molecule has 0 radical (unpaired) electrons. The number of hydrogen-bond acceptors (Lipinski definition) is 5. The first-order chi connectivity index (χ1) is 15.4. The quantitative estimate of drug-likeness (QED) is 0.555. The molecule has 8 heteroatoms. The van der Waals surface area contributed by atoms with Crippen LogP contribution in [0, 0.1) is 0 Å². The molecular formula is C24H29N3O5. The number of amides is 4. The Bertz CT molecular complexity index is 979. The fourth-order valence-electron chi connectivity index (χ4n) is 3.60. The molecule has 1 heterocycles. The van der Waals surface area contributed by atoms with Crippen molar-refractivity contribution in [2.24, 2.45) is 0 Å². The van der Waals surface area contributed by atoms with E-state index in [0.29, 0.717) is 43.2 Å². The van der Waals surface area contributed by atoms with E-state index in [2.05, 4.69) is 10.6 Å². The van der Waals surface area contributed by atoms with Crippen LogP contribution in [0.4, 0.5) is 4.79 Å². The predicted molar refractivity (Wildman–Crippen MR) is 120 cm³/mol. The Morgan fingerprint density at radius 2 is 1.72 bits per heavy atom. The zero-order chi connectivity index (χ0) is 23.1.